The average molecular weight is 497 g/mol. The van der Waals surface area contributed by atoms with Gasteiger partial charge in [0.2, 0.25) is 5.91 Å². The first-order chi connectivity index (χ1) is 17.4. The van der Waals surface area contributed by atoms with Crippen LogP contribution in [0.2, 0.25) is 5.02 Å². The fraction of sp³-hybridized carbons (Fsp3) is 0.312. The summed E-state index contributed by atoms with van der Waals surface area (Å²) in [6, 6.07) is 24.4. The lowest BCUT2D eigenvalue weighted by atomic mass is 9.71. The average Bonchev–Trinajstić information content (AvgIpc) is 3.19. The highest BCUT2D eigenvalue weighted by Crippen LogP contribution is 2.48. The molecule has 0 N–H and O–H groups in total. The number of allylic oxidation sites excluding steroid dienone is 1. The van der Waals surface area contributed by atoms with Crippen LogP contribution in [0.1, 0.15) is 59.6 Å². The van der Waals surface area contributed by atoms with Crippen molar-refractivity contribution >= 4 is 23.1 Å². The Bertz CT molecular complexity index is 1300. The first-order valence-corrected chi connectivity index (χ1v) is 13.1. The third-order valence-electron chi connectivity index (χ3n) is 7.27. The number of likely N-dealkylation sites (tertiary alicyclic amines) is 1. The number of benzene rings is 3. The van der Waals surface area contributed by atoms with Gasteiger partial charge >= 0.3 is 0 Å². The number of hydrogen-bond acceptors (Lipinski definition) is 2. The summed E-state index contributed by atoms with van der Waals surface area (Å²) in [5, 5.41) is 9.77. The molecule has 0 bridgehead atoms. The minimum atomic E-state index is -0.105. The highest BCUT2D eigenvalue weighted by atomic mass is 35.5. The van der Waals surface area contributed by atoms with Gasteiger partial charge in [-0.1, -0.05) is 79.6 Å². The van der Waals surface area contributed by atoms with E-state index < -0.39 is 0 Å². The second kappa shape index (κ2) is 11.1. The molecule has 184 valence electrons. The highest BCUT2D eigenvalue weighted by Gasteiger charge is 2.44. The van der Waals surface area contributed by atoms with Crippen LogP contribution in [-0.2, 0) is 11.3 Å². The molecule has 4 heteroatoms. The molecule has 1 amide bonds. The molecule has 3 atom stereocenters. The van der Waals surface area contributed by atoms with E-state index in [4.69, 9.17) is 16.9 Å². The third kappa shape index (κ3) is 5.25. The van der Waals surface area contributed by atoms with Crippen molar-refractivity contribution in [2.45, 2.75) is 46.6 Å². The van der Waals surface area contributed by atoms with E-state index in [-0.39, 0.29) is 23.7 Å². The fourth-order valence-electron chi connectivity index (χ4n) is 5.57. The third-order valence-corrected chi connectivity index (χ3v) is 7.52. The Balaban J connectivity index is 0.00000148. The standard InChI is InChI=1S/C30H27ClN2O.C2H6/c1-19-3-12-26(20(2)13-19)29-14-24-18-33(17-22-6-4-21(16-32)5-7-22)30(34)28(24)15-27(29)23-8-10-25(31)11-9-23;1-2/h3-13,15,24,28-29H,14,17-18H2,1-2H3;1-2H3. The monoisotopic (exact) mass is 496 g/mol. The second-order valence-electron chi connectivity index (χ2n) is 9.59. The van der Waals surface area contributed by atoms with Gasteiger partial charge < -0.3 is 4.90 Å². The van der Waals surface area contributed by atoms with E-state index in [1.807, 2.05) is 55.1 Å². The molecule has 3 unspecified atom stereocenters. The van der Waals surface area contributed by atoms with E-state index in [9.17, 15) is 4.79 Å². The van der Waals surface area contributed by atoms with E-state index in [0.29, 0.717) is 17.1 Å². The van der Waals surface area contributed by atoms with Gasteiger partial charge in [-0.3, -0.25) is 4.79 Å². The number of carbonyl (C=O) groups excluding carboxylic acids is 1. The van der Waals surface area contributed by atoms with Crippen molar-refractivity contribution in [1.29, 1.82) is 5.26 Å². The predicted molar refractivity (Wildman–Crippen MR) is 148 cm³/mol. The maximum atomic E-state index is 13.5. The molecule has 1 aliphatic carbocycles. The van der Waals surface area contributed by atoms with Crippen LogP contribution < -0.4 is 0 Å². The van der Waals surface area contributed by atoms with Crippen molar-refractivity contribution in [3.8, 4) is 6.07 Å². The molecule has 5 rings (SSSR count). The minimum absolute atomic E-state index is 0.105. The summed E-state index contributed by atoms with van der Waals surface area (Å²) in [6.07, 6.45) is 3.17. The molecule has 1 heterocycles. The molecule has 3 aromatic carbocycles. The zero-order chi connectivity index (χ0) is 25.8. The van der Waals surface area contributed by atoms with Crippen molar-refractivity contribution in [2.75, 3.05) is 6.54 Å². The number of fused-ring (bicyclic) bond motifs is 1. The van der Waals surface area contributed by atoms with Crippen LogP contribution in [0, 0.1) is 37.0 Å². The number of aryl methyl sites for hydroxylation is 2. The number of nitrogens with zero attached hydrogens (tertiary/aromatic N) is 2. The smallest absolute Gasteiger partial charge is 0.230 e. The molecular weight excluding hydrogens is 464 g/mol. The summed E-state index contributed by atoms with van der Waals surface area (Å²) in [5.74, 6) is 0.615. The molecular formula is C32H33ClN2O. The number of amides is 1. The van der Waals surface area contributed by atoms with Gasteiger partial charge in [-0.2, -0.15) is 5.26 Å². The summed E-state index contributed by atoms with van der Waals surface area (Å²) >= 11 is 6.18. The lowest BCUT2D eigenvalue weighted by Crippen LogP contribution is -2.26. The van der Waals surface area contributed by atoms with Gasteiger partial charge in [-0.25, -0.2) is 0 Å². The number of rotatable bonds is 4. The molecule has 0 radical (unpaired) electrons. The van der Waals surface area contributed by atoms with Crippen LogP contribution >= 0.6 is 11.6 Å². The van der Waals surface area contributed by atoms with E-state index >= 15 is 0 Å². The lowest BCUT2D eigenvalue weighted by molar-refractivity contribution is -0.130. The van der Waals surface area contributed by atoms with Gasteiger partial charge in [0, 0.05) is 24.0 Å². The number of halogens is 1. The molecule has 0 aromatic heterocycles. The Hall–Kier alpha value is -3.35. The molecule has 3 nitrogen and oxygen atoms in total. The van der Waals surface area contributed by atoms with E-state index in [0.717, 1.165) is 24.1 Å². The summed E-state index contributed by atoms with van der Waals surface area (Å²) < 4.78 is 0. The summed E-state index contributed by atoms with van der Waals surface area (Å²) in [6.45, 7) is 9.65. The number of nitriles is 1. The van der Waals surface area contributed by atoms with Gasteiger partial charge in [0.15, 0.2) is 0 Å². The van der Waals surface area contributed by atoms with Crippen LogP contribution in [0.5, 0.6) is 0 Å². The number of carbonyl (C=O) groups is 1. The van der Waals surface area contributed by atoms with Crippen LogP contribution in [0.25, 0.3) is 5.57 Å². The molecule has 1 saturated heterocycles. The van der Waals surface area contributed by atoms with Gasteiger partial charge in [0.25, 0.3) is 0 Å². The first-order valence-electron chi connectivity index (χ1n) is 12.8. The van der Waals surface area contributed by atoms with Crippen LogP contribution in [-0.4, -0.2) is 17.4 Å². The van der Waals surface area contributed by atoms with E-state index in [1.165, 1.54) is 22.3 Å². The SMILES string of the molecule is CC.Cc1ccc(C2CC3CN(Cc4ccc(C#N)cc4)C(=O)C3C=C2c2ccc(Cl)cc2)c(C)c1. The van der Waals surface area contributed by atoms with Gasteiger partial charge in [-0.05, 0) is 78.3 Å². The van der Waals surface area contributed by atoms with Crippen molar-refractivity contribution in [1.82, 2.24) is 4.90 Å². The molecule has 1 aliphatic heterocycles. The predicted octanol–water partition coefficient (Wildman–Crippen LogP) is 7.70. The maximum absolute atomic E-state index is 13.5. The van der Waals surface area contributed by atoms with Gasteiger partial charge in [-0.15, -0.1) is 0 Å². The van der Waals surface area contributed by atoms with E-state index in [2.05, 4.69) is 56.3 Å². The Morgan fingerprint density at radius 3 is 2.33 bits per heavy atom. The van der Waals surface area contributed by atoms with E-state index in [1.54, 1.807) is 0 Å². The molecule has 1 fully saturated rings. The first kappa shape index (κ1) is 25.7. The zero-order valence-corrected chi connectivity index (χ0v) is 22.2. The van der Waals surface area contributed by atoms with Gasteiger partial charge in [0.1, 0.15) is 0 Å². The summed E-state index contributed by atoms with van der Waals surface area (Å²) in [5.41, 5.74) is 7.93. The zero-order valence-electron chi connectivity index (χ0n) is 21.5. The maximum Gasteiger partial charge on any atom is 0.230 e. The Morgan fingerprint density at radius 2 is 1.69 bits per heavy atom. The molecule has 0 spiro atoms. The highest BCUT2D eigenvalue weighted by molar-refractivity contribution is 6.30. The largest absolute Gasteiger partial charge is 0.338 e. The normalized spacial score (nSPS) is 20.7. The fourth-order valence-corrected chi connectivity index (χ4v) is 5.69. The summed E-state index contributed by atoms with van der Waals surface area (Å²) in [7, 11) is 0. The van der Waals surface area contributed by atoms with Crippen LogP contribution in [0.15, 0.2) is 72.8 Å². The number of hydrogen-bond donors (Lipinski definition) is 0. The molecule has 2 aliphatic rings. The second-order valence-corrected chi connectivity index (χ2v) is 10.0. The lowest BCUT2D eigenvalue weighted by Gasteiger charge is -2.32. The van der Waals surface area contributed by atoms with Crippen molar-refractivity contribution in [3.63, 3.8) is 0 Å². The molecule has 36 heavy (non-hydrogen) atoms. The quantitative estimate of drug-likeness (QED) is 0.371. The topological polar surface area (TPSA) is 44.1 Å². The Kier molecular flexibility index (Phi) is 7.97. The summed E-state index contributed by atoms with van der Waals surface area (Å²) in [4.78, 5) is 15.4. The molecule has 3 aromatic rings. The van der Waals surface area contributed by atoms with Crippen LogP contribution in [0.3, 0.4) is 0 Å². The Labute approximate surface area is 220 Å². The molecule has 0 saturated carbocycles. The Morgan fingerprint density at radius 1 is 1.00 bits per heavy atom. The van der Waals surface area contributed by atoms with Gasteiger partial charge in [0.05, 0.1) is 17.6 Å². The van der Waals surface area contributed by atoms with Crippen molar-refractivity contribution in [2.24, 2.45) is 11.8 Å². The van der Waals surface area contributed by atoms with Crippen LogP contribution in [0.4, 0.5) is 0 Å². The van der Waals surface area contributed by atoms with Crippen molar-refractivity contribution in [3.05, 3.63) is 111 Å². The van der Waals surface area contributed by atoms with Crippen molar-refractivity contribution < 1.29 is 4.79 Å². The minimum Gasteiger partial charge on any atom is -0.338 e.